The van der Waals surface area contributed by atoms with Gasteiger partial charge in [0.1, 0.15) is 24.2 Å². The molecule has 0 spiro atoms. The third-order valence-electron chi connectivity index (χ3n) is 5.99. The molecule has 0 fully saturated rings. The van der Waals surface area contributed by atoms with Crippen LogP contribution < -0.4 is 14.4 Å². The summed E-state index contributed by atoms with van der Waals surface area (Å²) >= 11 is 6.17. The number of rotatable bonds is 10. The number of ether oxygens (including phenoxy) is 1. The minimum atomic E-state index is -4.28. The van der Waals surface area contributed by atoms with Crippen molar-refractivity contribution in [3.05, 3.63) is 89.2 Å². The molecular weight excluding hydrogens is 557 g/mol. The van der Waals surface area contributed by atoms with Crippen molar-refractivity contribution in [2.75, 3.05) is 18.0 Å². The van der Waals surface area contributed by atoms with Gasteiger partial charge in [-0.05, 0) is 76.2 Å². The number of amides is 2. The van der Waals surface area contributed by atoms with E-state index in [0.717, 1.165) is 4.31 Å². The normalized spacial score (nSPS) is 12.4. The summed E-state index contributed by atoms with van der Waals surface area (Å²) in [6, 6.07) is 16.7. The van der Waals surface area contributed by atoms with Gasteiger partial charge in [0.15, 0.2) is 0 Å². The number of anilines is 1. The molecule has 3 aromatic rings. The number of hydrogen-bond donors (Lipinski definition) is 1. The van der Waals surface area contributed by atoms with Crippen LogP contribution in [-0.4, -0.2) is 50.4 Å². The average Bonchev–Trinajstić information content (AvgIpc) is 2.89. The van der Waals surface area contributed by atoms with Crippen LogP contribution in [0, 0.1) is 5.82 Å². The number of nitrogens with one attached hydrogen (secondary N) is 1. The van der Waals surface area contributed by atoms with Crippen molar-refractivity contribution in [1.82, 2.24) is 10.2 Å². The van der Waals surface area contributed by atoms with Crippen LogP contribution in [0.4, 0.5) is 10.1 Å². The van der Waals surface area contributed by atoms with E-state index in [4.69, 9.17) is 16.3 Å². The summed E-state index contributed by atoms with van der Waals surface area (Å²) in [6.07, 6.45) is 0. The van der Waals surface area contributed by atoms with Gasteiger partial charge in [-0.15, -0.1) is 0 Å². The van der Waals surface area contributed by atoms with Crippen molar-refractivity contribution in [1.29, 1.82) is 0 Å². The summed E-state index contributed by atoms with van der Waals surface area (Å²) in [5.41, 5.74) is -0.268. The Balaban J connectivity index is 2.05. The lowest BCUT2D eigenvalue weighted by Crippen LogP contribution is -2.54. The molecule has 0 radical (unpaired) electrons. The largest absolute Gasteiger partial charge is 0.497 e. The average molecular weight is 590 g/mol. The quantitative estimate of drug-likeness (QED) is 0.358. The predicted octanol–water partition coefficient (Wildman–Crippen LogP) is 5.02. The van der Waals surface area contributed by atoms with Crippen LogP contribution in [0.15, 0.2) is 77.7 Å². The number of methoxy groups -OCH3 is 1. The molecule has 3 aromatic carbocycles. The maximum absolute atomic E-state index is 14.6. The fourth-order valence-electron chi connectivity index (χ4n) is 3.90. The lowest BCUT2D eigenvalue weighted by molar-refractivity contribution is -0.140. The van der Waals surface area contributed by atoms with Gasteiger partial charge in [0.05, 0.1) is 17.7 Å². The first-order chi connectivity index (χ1) is 18.7. The zero-order valence-corrected chi connectivity index (χ0v) is 24.6. The highest BCUT2D eigenvalue weighted by Gasteiger charge is 2.33. The Kier molecular flexibility index (Phi) is 9.81. The fraction of sp³-hybridized carbons (Fsp3) is 0.310. The fourth-order valence-corrected chi connectivity index (χ4v) is 5.49. The summed E-state index contributed by atoms with van der Waals surface area (Å²) in [6.45, 7) is 5.98. The highest BCUT2D eigenvalue weighted by molar-refractivity contribution is 7.92. The number of carbonyl (C=O) groups excluding carboxylic acids is 2. The van der Waals surface area contributed by atoms with Gasteiger partial charge in [-0.1, -0.05) is 35.9 Å². The van der Waals surface area contributed by atoms with Gasteiger partial charge >= 0.3 is 0 Å². The monoisotopic (exact) mass is 589 g/mol. The molecular formula is C29H33ClFN3O5S. The lowest BCUT2D eigenvalue weighted by Gasteiger charge is -2.33. The molecule has 0 aliphatic carbocycles. The van der Waals surface area contributed by atoms with E-state index in [9.17, 15) is 22.4 Å². The van der Waals surface area contributed by atoms with E-state index in [-0.39, 0.29) is 27.7 Å². The third-order valence-corrected chi connectivity index (χ3v) is 8.01. The third kappa shape index (κ3) is 7.73. The van der Waals surface area contributed by atoms with Gasteiger partial charge in [0.25, 0.3) is 10.0 Å². The van der Waals surface area contributed by atoms with E-state index >= 15 is 0 Å². The van der Waals surface area contributed by atoms with Crippen LogP contribution in [0.25, 0.3) is 0 Å². The number of benzene rings is 3. The molecule has 11 heteroatoms. The molecule has 0 saturated heterocycles. The van der Waals surface area contributed by atoms with Gasteiger partial charge in [-0.3, -0.25) is 13.9 Å². The van der Waals surface area contributed by atoms with E-state index in [1.807, 2.05) is 0 Å². The van der Waals surface area contributed by atoms with Gasteiger partial charge < -0.3 is 15.0 Å². The number of halogens is 2. The van der Waals surface area contributed by atoms with E-state index in [1.54, 1.807) is 39.0 Å². The first-order valence-corrected chi connectivity index (χ1v) is 14.3. The molecule has 0 aliphatic rings. The smallest absolute Gasteiger partial charge is 0.264 e. The molecule has 0 aliphatic heterocycles. The number of hydrogen-bond acceptors (Lipinski definition) is 5. The Morgan fingerprint density at radius 3 is 2.25 bits per heavy atom. The Hall–Kier alpha value is -3.63. The maximum atomic E-state index is 14.6. The van der Waals surface area contributed by atoms with E-state index < -0.39 is 45.8 Å². The Bertz CT molecular complexity index is 1460. The Morgan fingerprint density at radius 2 is 1.68 bits per heavy atom. The number of sulfonamides is 1. The summed E-state index contributed by atoms with van der Waals surface area (Å²) in [5, 5.41) is 3.09. The zero-order valence-electron chi connectivity index (χ0n) is 23.0. The standard InChI is InChI=1S/C29H33ClFN3O5S/c1-20(28(36)32-29(2,3)4)33(18-21-9-6-7-12-26(21)31)27(35)19-34(23-11-8-10-22(30)17-23)40(37,38)25-15-13-24(39-5)14-16-25/h6-17,20H,18-19H2,1-5H3,(H,32,36). The molecule has 8 nitrogen and oxygen atoms in total. The van der Waals surface area contributed by atoms with Crippen molar-refractivity contribution in [3.8, 4) is 5.75 Å². The second kappa shape index (κ2) is 12.7. The molecule has 3 rings (SSSR count). The number of nitrogens with zero attached hydrogens (tertiary/aromatic N) is 2. The summed E-state index contributed by atoms with van der Waals surface area (Å²) in [7, 11) is -2.82. The summed E-state index contributed by atoms with van der Waals surface area (Å²) in [4.78, 5) is 28.1. The van der Waals surface area contributed by atoms with Gasteiger partial charge in [0, 0.05) is 22.7 Å². The summed E-state index contributed by atoms with van der Waals surface area (Å²) in [5.74, 6) is -1.28. The van der Waals surface area contributed by atoms with Crippen LogP contribution in [-0.2, 0) is 26.2 Å². The van der Waals surface area contributed by atoms with Crippen LogP contribution in [0.1, 0.15) is 33.3 Å². The van der Waals surface area contributed by atoms with Gasteiger partial charge in [-0.2, -0.15) is 0 Å². The van der Waals surface area contributed by atoms with Crippen molar-refractivity contribution in [3.63, 3.8) is 0 Å². The van der Waals surface area contributed by atoms with Crippen LogP contribution in [0.5, 0.6) is 5.75 Å². The molecule has 1 atom stereocenters. The van der Waals surface area contributed by atoms with Crippen molar-refractivity contribution >= 4 is 39.1 Å². The molecule has 1 N–H and O–H groups in total. The van der Waals surface area contributed by atoms with E-state index in [2.05, 4.69) is 5.32 Å². The lowest BCUT2D eigenvalue weighted by atomic mass is 10.1. The summed E-state index contributed by atoms with van der Waals surface area (Å²) < 4.78 is 48.4. The first kappa shape index (κ1) is 30.9. The molecule has 214 valence electrons. The maximum Gasteiger partial charge on any atom is 0.264 e. The van der Waals surface area contributed by atoms with Crippen LogP contribution >= 0.6 is 11.6 Å². The van der Waals surface area contributed by atoms with Crippen LogP contribution in [0.3, 0.4) is 0 Å². The Morgan fingerprint density at radius 1 is 1.02 bits per heavy atom. The number of carbonyl (C=O) groups is 2. The first-order valence-electron chi connectivity index (χ1n) is 12.5. The highest BCUT2D eigenvalue weighted by Crippen LogP contribution is 2.28. The molecule has 0 saturated carbocycles. The van der Waals surface area contributed by atoms with Crippen molar-refractivity contribution in [2.24, 2.45) is 0 Å². The van der Waals surface area contributed by atoms with Gasteiger partial charge in [0.2, 0.25) is 11.8 Å². The molecule has 0 bridgehead atoms. The second-order valence-electron chi connectivity index (χ2n) is 10.2. The minimum Gasteiger partial charge on any atom is -0.497 e. The molecule has 0 aromatic heterocycles. The molecule has 1 unspecified atom stereocenters. The van der Waals surface area contributed by atoms with Gasteiger partial charge in [-0.25, -0.2) is 12.8 Å². The van der Waals surface area contributed by atoms with Crippen molar-refractivity contribution in [2.45, 2.75) is 50.7 Å². The predicted molar refractivity (Wildman–Crippen MR) is 153 cm³/mol. The second-order valence-corrected chi connectivity index (χ2v) is 12.5. The van der Waals surface area contributed by atoms with Crippen molar-refractivity contribution < 1.29 is 27.1 Å². The minimum absolute atomic E-state index is 0.0831. The Labute approximate surface area is 239 Å². The van der Waals surface area contributed by atoms with E-state index in [1.165, 1.54) is 73.5 Å². The van der Waals surface area contributed by atoms with E-state index in [0.29, 0.717) is 5.75 Å². The zero-order chi connectivity index (χ0) is 29.7. The molecule has 2 amide bonds. The molecule has 40 heavy (non-hydrogen) atoms. The topological polar surface area (TPSA) is 96.0 Å². The SMILES string of the molecule is COc1ccc(S(=O)(=O)N(CC(=O)N(Cc2ccccc2F)C(C)C(=O)NC(C)(C)C)c2cccc(Cl)c2)cc1. The highest BCUT2D eigenvalue weighted by atomic mass is 35.5. The molecule has 0 heterocycles. The van der Waals surface area contributed by atoms with Crippen LogP contribution in [0.2, 0.25) is 5.02 Å².